The molecule has 1 atom stereocenters. The molecular formula is C14H11BrF4N2. The minimum Gasteiger partial charge on any atom is -0.271 e. The van der Waals surface area contributed by atoms with Crippen LogP contribution < -0.4 is 11.3 Å². The molecule has 0 bridgehead atoms. The van der Waals surface area contributed by atoms with Crippen LogP contribution in [0.15, 0.2) is 34.8 Å². The topological polar surface area (TPSA) is 38.0 Å². The molecule has 0 aliphatic rings. The van der Waals surface area contributed by atoms with Gasteiger partial charge in [0, 0.05) is 11.1 Å². The van der Waals surface area contributed by atoms with E-state index in [2.05, 4.69) is 21.4 Å². The van der Waals surface area contributed by atoms with Crippen LogP contribution in [0.4, 0.5) is 17.6 Å². The van der Waals surface area contributed by atoms with E-state index in [1.807, 2.05) is 0 Å². The highest BCUT2D eigenvalue weighted by molar-refractivity contribution is 9.10. The van der Waals surface area contributed by atoms with Crippen LogP contribution in [0.1, 0.15) is 17.2 Å². The van der Waals surface area contributed by atoms with Gasteiger partial charge in [0.1, 0.15) is 23.3 Å². The van der Waals surface area contributed by atoms with Crippen LogP contribution in [0.25, 0.3) is 0 Å². The summed E-state index contributed by atoms with van der Waals surface area (Å²) in [5.74, 6) is 2.35. The highest BCUT2D eigenvalue weighted by Gasteiger charge is 2.21. The van der Waals surface area contributed by atoms with Crippen LogP contribution in [0.2, 0.25) is 0 Å². The van der Waals surface area contributed by atoms with Gasteiger partial charge in [0.15, 0.2) is 0 Å². The van der Waals surface area contributed by atoms with Gasteiger partial charge in [-0.1, -0.05) is 0 Å². The quantitative estimate of drug-likeness (QED) is 0.376. The largest absolute Gasteiger partial charge is 0.271 e. The predicted octanol–water partition coefficient (Wildman–Crippen LogP) is 3.75. The first-order valence-corrected chi connectivity index (χ1v) is 6.76. The fraction of sp³-hybridized carbons (Fsp3) is 0.143. The number of hydrogen-bond donors (Lipinski definition) is 2. The van der Waals surface area contributed by atoms with Gasteiger partial charge in [0.2, 0.25) is 0 Å². The maximum Gasteiger partial charge on any atom is 0.143 e. The lowest BCUT2D eigenvalue weighted by Gasteiger charge is -2.18. The molecule has 0 radical (unpaired) electrons. The fourth-order valence-electron chi connectivity index (χ4n) is 2.00. The molecule has 2 aromatic carbocycles. The molecule has 0 aliphatic heterocycles. The number of benzene rings is 2. The second-order valence-corrected chi connectivity index (χ2v) is 5.27. The molecule has 2 nitrogen and oxygen atoms in total. The molecule has 1 unspecified atom stereocenters. The Hall–Kier alpha value is -1.44. The van der Waals surface area contributed by atoms with E-state index in [1.54, 1.807) is 0 Å². The fourth-order valence-corrected chi connectivity index (χ4v) is 2.37. The van der Waals surface area contributed by atoms with Gasteiger partial charge < -0.3 is 0 Å². The number of hydrazine groups is 1. The van der Waals surface area contributed by atoms with Crippen molar-refractivity contribution in [2.45, 2.75) is 12.5 Å². The molecule has 21 heavy (non-hydrogen) atoms. The standard InChI is InChI=1S/C14H11BrF4N2/c15-10-2-4-12(18)9(14(10)19)6-13(21-20)8-5-7(16)1-3-11(8)17/h1-5,13,21H,6,20H2. The van der Waals surface area contributed by atoms with E-state index in [0.717, 1.165) is 24.3 Å². The van der Waals surface area contributed by atoms with Gasteiger partial charge in [-0.2, -0.15) is 0 Å². The van der Waals surface area contributed by atoms with Crippen molar-refractivity contribution in [2.24, 2.45) is 5.84 Å². The third kappa shape index (κ3) is 3.42. The van der Waals surface area contributed by atoms with Gasteiger partial charge in [-0.15, -0.1) is 0 Å². The molecule has 0 amide bonds. The molecule has 0 spiro atoms. The first kappa shape index (κ1) is 15.9. The maximum atomic E-state index is 13.9. The molecule has 0 saturated heterocycles. The van der Waals surface area contributed by atoms with E-state index in [0.29, 0.717) is 0 Å². The molecule has 112 valence electrons. The summed E-state index contributed by atoms with van der Waals surface area (Å²) in [7, 11) is 0. The molecule has 7 heteroatoms. The van der Waals surface area contributed by atoms with E-state index < -0.39 is 29.3 Å². The number of hydrogen-bond acceptors (Lipinski definition) is 2. The molecule has 0 aliphatic carbocycles. The summed E-state index contributed by atoms with van der Waals surface area (Å²) in [4.78, 5) is 0. The predicted molar refractivity (Wildman–Crippen MR) is 74.2 cm³/mol. The van der Waals surface area contributed by atoms with Gasteiger partial charge in [0.25, 0.3) is 0 Å². The van der Waals surface area contributed by atoms with E-state index in [-0.39, 0.29) is 22.0 Å². The summed E-state index contributed by atoms with van der Waals surface area (Å²) >= 11 is 2.95. The van der Waals surface area contributed by atoms with E-state index in [9.17, 15) is 17.6 Å². The average molecular weight is 363 g/mol. The zero-order valence-electron chi connectivity index (χ0n) is 10.6. The molecule has 3 N–H and O–H groups in total. The monoisotopic (exact) mass is 362 g/mol. The molecule has 0 saturated carbocycles. The SMILES string of the molecule is NNC(Cc1c(F)ccc(Br)c1F)c1cc(F)ccc1F. The summed E-state index contributed by atoms with van der Waals surface area (Å²) in [5, 5.41) is 0. The first-order chi connectivity index (χ1) is 9.93. The Balaban J connectivity index is 2.40. The third-order valence-corrected chi connectivity index (χ3v) is 3.69. The zero-order valence-corrected chi connectivity index (χ0v) is 12.2. The van der Waals surface area contributed by atoms with Gasteiger partial charge in [-0.25, -0.2) is 17.6 Å². The number of nitrogens with one attached hydrogen (secondary N) is 1. The summed E-state index contributed by atoms with van der Waals surface area (Å²) in [5.41, 5.74) is 1.89. The summed E-state index contributed by atoms with van der Waals surface area (Å²) in [6.07, 6.45) is -0.270. The van der Waals surface area contributed by atoms with Crippen molar-refractivity contribution < 1.29 is 17.6 Å². The third-order valence-electron chi connectivity index (χ3n) is 3.08. The molecule has 0 aromatic heterocycles. The Morgan fingerprint density at radius 3 is 2.38 bits per heavy atom. The molecule has 0 fully saturated rings. The van der Waals surface area contributed by atoms with Crippen molar-refractivity contribution in [3.05, 3.63) is 69.2 Å². The Morgan fingerprint density at radius 1 is 1.05 bits per heavy atom. The Labute approximate surface area is 127 Å². The summed E-state index contributed by atoms with van der Waals surface area (Å²) in [6, 6.07) is 4.15. The van der Waals surface area contributed by atoms with Crippen molar-refractivity contribution >= 4 is 15.9 Å². The van der Waals surface area contributed by atoms with Crippen LogP contribution in [0.5, 0.6) is 0 Å². The van der Waals surface area contributed by atoms with Gasteiger partial charge in [0.05, 0.1) is 10.5 Å². The normalized spacial score (nSPS) is 12.5. The zero-order chi connectivity index (χ0) is 15.6. The Morgan fingerprint density at radius 2 is 1.71 bits per heavy atom. The highest BCUT2D eigenvalue weighted by atomic mass is 79.9. The molecule has 0 heterocycles. The number of rotatable bonds is 4. The van der Waals surface area contributed by atoms with Crippen LogP contribution in [0.3, 0.4) is 0 Å². The Kier molecular flexibility index (Phi) is 4.97. The lowest BCUT2D eigenvalue weighted by atomic mass is 9.98. The van der Waals surface area contributed by atoms with Gasteiger partial charge >= 0.3 is 0 Å². The van der Waals surface area contributed by atoms with Crippen molar-refractivity contribution in [1.82, 2.24) is 5.43 Å². The average Bonchev–Trinajstić information content (AvgIpc) is 2.46. The highest BCUT2D eigenvalue weighted by Crippen LogP contribution is 2.27. The van der Waals surface area contributed by atoms with Crippen molar-refractivity contribution in [3.8, 4) is 0 Å². The molecule has 2 aromatic rings. The van der Waals surface area contributed by atoms with Crippen LogP contribution in [-0.2, 0) is 6.42 Å². The van der Waals surface area contributed by atoms with Crippen molar-refractivity contribution in [1.29, 1.82) is 0 Å². The smallest absolute Gasteiger partial charge is 0.143 e. The van der Waals surface area contributed by atoms with Crippen LogP contribution in [0, 0.1) is 23.3 Å². The van der Waals surface area contributed by atoms with Crippen molar-refractivity contribution in [2.75, 3.05) is 0 Å². The van der Waals surface area contributed by atoms with E-state index in [4.69, 9.17) is 5.84 Å². The molecular weight excluding hydrogens is 352 g/mol. The van der Waals surface area contributed by atoms with E-state index >= 15 is 0 Å². The molecule has 2 rings (SSSR count). The van der Waals surface area contributed by atoms with Crippen LogP contribution >= 0.6 is 15.9 Å². The second kappa shape index (κ2) is 6.55. The number of nitrogens with two attached hydrogens (primary N) is 1. The van der Waals surface area contributed by atoms with Crippen LogP contribution in [-0.4, -0.2) is 0 Å². The number of halogens is 5. The van der Waals surface area contributed by atoms with Gasteiger partial charge in [-0.05, 0) is 52.7 Å². The minimum absolute atomic E-state index is 0.0781. The maximum absolute atomic E-state index is 13.9. The van der Waals surface area contributed by atoms with E-state index in [1.165, 1.54) is 6.07 Å². The summed E-state index contributed by atoms with van der Waals surface area (Å²) < 4.78 is 54.7. The van der Waals surface area contributed by atoms with Crippen molar-refractivity contribution in [3.63, 3.8) is 0 Å². The Bertz CT molecular complexity index is 664. The van der Waals surface area contributed by atoms with Gasteiger partial charge in [-0.3, -0.25) is 11.3 Å². The second-order valence-electron chi connectivity index (χ2n) is 4.41. The lowest BCUT2D eigenvalue weighted by Crippen LogP contribution is -2.31. The first-order valence-electron chi connectivity index (χ1n) is 5.97. The lowest BCUT2D eigenvalue weighted by molar-refractivity contribution is 0.475. The minimum atomic E-state index is -0.973. The summed E-state index contributed by atoms with van der Waals surface area (Å²) in [6.45, 7) is 0.